The van der Waals surface area contributed by atoms with Gasteiger partial charge in [0.15, 0.2) is 0 Å². The predicted octanol–water partition coefficient (Wildman–Crippen LogP) is 3.85. The zero-order chi connectivity index (χ0) is 15.5. The second-order valence-electron chi connectivity index (χ2n) is 6.45. The molecule has 1 fully saturated rings. The Balaban J connectivity index is 1.78. The van der Waals surface area contributed by atoms with Gasteiger partial charge >= 0.3 is 0 Å². The van der Waals surface area contributed by atoms with Gasteiger partial charge in [0.1, 0.15) is 6.61 Å². The Morgan fingerprint density at radius 1 is 1.43 bits per heavy atom. The monoisotopic (exact) mass is 310 g/mol. The Labute approximate surface area is 131 Å². The number of carbonyl (C=O) groups excluding carboxylic acids is 1. The number of halogens is 1. The summed E-state index contributed by atoms with van der Waals surface area (Å²) < 4.78 is 5.69. The number of amides is 1. The van der Waals surface area contributed by atoms with Crippen LogP contribution in [0.25, 0.3) is 0 Å². The molecule has 1 saturated carbocycles. The first-order chi connectivity index (χ1) is 9.85. The van der Waals surface area contributed by atoms with Crippen molar-refractivity contribution in [3.05, 3.63) is 23.2 Å². The van der Waals surface area contributed by atoms with Crippen LogP contribution in [0, 0.1) is 5.41 Å². The van der Waals surface area contributed by atoms with Gasteiger partial charge in [-0.25, -0.2) is 0 Å². The van der Waals surface area contributed by atoms with Crippen molar-refractivity contribution >= 4 is 28.9 Å². The van der Waals surface area contributed by atoms with E-state index >= 15 is 0 Å². The van der Waals surface area contributed by atoms with Crippen LogP contribution in [0.3, 0.4) is 0 Å². The summed E-state index contributed by atoms with van der Waals surface area (Å²) in [5.41, 5.74) is 7.22. The molecule has 4 nitrogen and oxygen atoms in total. The molecule has 1 aromatic rings. The van der Waals surface area contributed by atoms with Crippen LogP contribution in [-0.2, 0) is 9.53 Å². The van der Waals surface area contributed by atoms with E-state index in [1.807, 2.05) is 0 Å². The fraction of sp³-hybridized carbons (Fsp3) is 0.562. The van der Waals surface area contributed by atoms with Crippen molar-refractivity contribution in [2.24, 2.45) is 5.41 Å². The molecule has 1 amide bonds. The van der Waals surface area contributed by atoms with E-state index in [1.165, 1.54) is 0 Å². The van der Waals surface area contributed by atoms with E-state index in [9.17, 15) is 4.79 Å². The zero-order valence-corrected chi connectivity index (χ0v) is 13.4. The molecule has 0 atom stereocenters. The molecule has 0 saturated heterocycles. The number of nitrogens with two attached hydrogens (primary N) is 1. The van der Waals surface area contributed by atoms with Gasteiger partial charge in [-0.15, -0.1) is 0 Å². The van der Waals surface area contributed by atoms with Gasteiger partial charge in [0.25, 0.3) is 0 Å². The van der Waals surface area contributed by atoms with Crippen LogP contribution in [0.1, 0.15) is 39.5 Å². The average molecular weight is 311 g/mol. The Morgan fingerprint density at radius 2 is 2.10 bits per heavy atom. The molecule has 0 radical (unpaired) electrons. The van der Waals surface area contributed by atoms with Crippen molar-refractivity contribution < 1.29 is 9.53 Å². The maximum atomic E-state index is 11.9. The van der Waals surface area contributed by atoms with E-state index in [2.05, 4.69) is 19.2 Å². The zero-order valence-electron chi connectivity index (χ0n) is 12.6. The first-order valence-corrected chi connectivity index (χ1v) is 7.70. The third-order valence-electron chi connectivity index (χ3n) is 4.02. The van der Waals surface area contributed by atoms with Gasteiger partial charge in [-0.3, -0.25) is 4.79 Å². The number of hydrogen-bond acceptors (Lipinski definition) is 3. The summed E-state index contributed by atoms with van der Waals surface area (Å²) in [5, 5.41) is 3.29. The van der Waals surface area contributed by atoms with Crippen molar-refractivity contribution in [2.45, 2.75) is 45.6 Å². The number of rotatable bonds is 4. The number of hydrogen-bond donors (Lipinski definition) is 2. The van der Waals surface area contributed by atoms with Crippen LogP contribution in [-0.4, -0.2) is 18.6 Å². The lowest BCUT2D eigenvalue weighted by Crippen LogP contribution is -2.29. The summed E-state index contributed by atoms with van der Waals surface area (Å²) in [6.07, 6.45) is 4.51. The van der Waals surface area contributed by atoms with Crippen molar-refractivity contribution in [1.29, 1.82) is 0 Å². The summed E-state index contributed by atoms with van der Waals surface area (Å²) in [7, 11) is 0. The fourth-order valence-electron chi connectivity index (χ4n) is 2.57. The molecule has 1 aromatic carbocycles. The Morgan fingerprint density at radius 3 is 2.71 bits per heavy atom. The molecule has 21 heavy (non-hydrogen) atoms. The van der Waals surface area contributed by atoms with Crippen molar-refractivity contribution in [2.75, 3.05) is 17.7 Å². The Bertz CT molecular complexity index is 507. The van der Waals surface area contributed by atoms with Gasteiger partial charge < -0.3 is 15.8 Å². The maximum Gasteiger partial charge on any atom is 0.250 e. The van der Waals surface area contributed by atoms with E-state index < -0.39 is 0 Å². The first-order valence-electron chi connectivity index (χ1n) is 7.32. The third kappa shape index (κ3) is 4.90. The summed E-state index contributed by atoms with van der Waals surface area (Å²) in [4.78, 5) is 11.9. The topological polar surface area (TPSA) is 64.3 Å². The second-order valence-corrected chi connectivity index (χ2v) is 6.89. The van der Waals surface area contributed by atoms with Gasteiger partial charge in [-0.1, -0.05) is 25.4 Å². The summed E-state index contributed by atoms with van der Waals surface area (Å²) in [6.45, 7) is 4.62. The Hall–Kier alpha value is -1.26. The minimum Gasteiger partial charge on any atom is -0.397 e. The predicted molar refractivity (Wildman–Crippen MR) is 86.5 cm³/mol. The van der Waals surface area contributed by atoms with Gasteiger partial charge in [-0.05, 0) is 49.3 Å². The highest BCUT2D eigenvalue weighted by Crippen LogP contribution is 2.36. The van der Waals surface area contributed by atoms with Crippen LogP contribution in [0.2, 0.25) is 5.02 Å². The molecule has 0 aromatic heterocycles. The quantitative estimate of drug-likeness (QED) is 0.830. The summed E-state index contributed by atoms with van der Waals surface area (Å²) in [6, 6.07) is 5.00. The number of ether oxygens (including phenoxy) is 1. The minimum atomic E-state index is -0.186. The van der Waals surface area contributed by atoms with Crippen LogP contribution >= 0.6 is 11.6 Å². The molecule has 1 aliphatic carbocycles. The summed E-state index contributed by atoms with van der Waals surface area (Å²) in [5.74, 6) is -0.186. The van der Waals surface area contributed by atoms with E-state index in [-0.39, 0.29) is 18.6 Å². The first kappa shape index (κ1) is 16.1. The van der Waals surface area contributed by atoms with Crippen LogP contribution in [0.15, 0.2) is 18.2 Å². The molecular formula is C16H23ClN2O2. The standard InChI is InChI=1S/C16H23ClN2O2/c1-16(2)7-5-12(6-8-16)21-10-15(20)19-14-4-3-11(17)9-13(14)18/h3-4,9,12H,5-8,10,18H2,1-2H3,(H,19,20). The van der Waals surface area contributed by atoms with Gasteiger partial charge in [0, 0.05) is 5.02 Å². The molecule has 3 N–H and O–H groups in total. The van der Waals surface area contributed by atoms with E-state index in [1.54, 1.807) is 18.2 Å². The number of anilines is 2. The van der Waals surface area contributed by atoms with E-state index in [0.717, 1.165) is 25.7 Å². The second kappa shape index (κ2) is 6.67. The smallest absolute Gasteiger partial charge is 0.250 e. The minimum absolute atomic E-state index is 0.0627. The highest BCUT2D eigenvalue weighted by atomic mass is 35.5. The Kier molecular flexibility index (Phi) is 5.12. The molecule has 5 heteroatoms. The molecule has 2 rings (SSSR count). The largest absolute Gasteiger partial charge is 0.397 e. The SMILES string of the molecule is CC1(C)CCC(OCC(=O)Nc2ccc(Cl)cc2N)CC1. The lowest BCUT2D eigenvalue weighted by molar-refractivity contribution is -0.123. The highest BCUT2D eigenvalue weighted by molar-refractivity contribution is 6.31. The number of nitrogen functional groups attached to an aromatic ring is 1. The number of nitrogens with one attached hydrogen (secondary N) is 1. The van der Waals surface area contributed by atoms with Crippen molar-refractivity contribution in [3.8, 4) is 0 Å². The maximum absolute atomic E-state index is 11.9. The van der Waals surface area contributed by atoms with Crippen LogP contribution < -0.4 is 11.1 Å². The molecular weight excluding hydrogens is 288 g/mol. The number of carbonyl (C=O) groups is 1. The molecule has 0 unspecified atom stereocenters. The van der Waals surface area contributed by atoms with Gasteiger partial charge in [0.2, 0.25) is 5.91 Å². The van der Waals surface area contributed by atoms with Crippen molar-refractivity contribution in [3.63, 3.8) is 0 Å². The van der Waals surface area contributed by atoms with Crippen LogP contribution in [0.4, 0.5) is 11.4 Å². The summed E-state index contributed by atoms with van der Waals surface area (Å²) >= 11 is 5.82. The molecule has 116 valence electrons. The lowest BCUT2D eigenvalue weighted by atomic mass is 9.76. The van der Waals surface area contributed by atoms with Crippen LogP contribution in [0.5, 0.6) is 0 Å². The third-order valence-corrected chi connectivity index (χ3v) is 4.26. The lowest BCUT2D eigenvalue weighted by Gasteiger charge is -2.34. The van der Waals surface area contributed by atoms with Crippen molar-refractivity contribution in [1.82, 2.24) is 0 Å². The highest BCUT2D eigenvalue weighted by Gasteiger charge is 2.27. The molecule has 0 spiro atoms. The van der Waals surface area contributed by atoms with E-state index in [0.29, 0.717) is 21.8 Å². The van der Waals surface area contributed by atoms with E-state index in [4.69, 9.17) is 22.1 Å². The molecule has 0 bridgehead atoms. The molecule has 0 heterocycles. The molecule has 0 aliphatic heterocycles. The average Bonchev–Trinajstić information content (AvgIpc) is 2.41. The molecule has 1 aliphatic rings. The number of benzene rings is 1. The van der Waals surface area contributed by atoms with Gasteiger partial charge in [-0.2, -0.15) is 0 Å². The van der Waals surface area contributed by atoms with Gasteiger partial charge in [0.05, 0.1) is 17.5 Å². The normalized spacial score (nSPS) is 18.4. The fourth-order valence-corrected chi connectivity index (χ4v) is 2.75.